The number of hydrogen-bond acceptors (Lipinski definition) is 5. The Bertz CT molecular complexity index is 1810. The molecule has 0 aliphatic heterocycles. The van der Waals surface area contributed by atoms with E-state index in [1.165, 1.54) is 42.5 Å². The van der Waals surface area contributed by atoms with E-state index in [2.05, 4.69) is 4.98 Å². The van der Waals surface area contributed by atoms with Crippen molar-refractivity contribution in [1.29, 1.82) is 0 Å². The molecular weight excluding hydrogens is 537 g/mol. The van der Waals surface area contributed by atoms with Crippen molar-refractivity contribution in [2.24, 2.45) is 5.73 Å². The Morgan fingerprint density at radius 2 is 1.54 bits per heavy atom. The highest BCUT2D eigenvalue weighted by Crippen LogP contribution is 2.40. The summed E-state index contributed by atoms with van der Waals surface area (Å²) in [6.07, 6.45) is -3.58. The summed E-state index contributed by atoms with van der Waals surface area (Å²) in [6.45, 7) is 0. The van der Waals surface area contributed by atoms with Crippen LogP contribution in [0.15, 0.2) is 103 Å². The van der Waals surface area contributed by atoms with Crippen molar-refractivity contribution in [2.45, 2.75) is 6.18 Å². The highest BCUT2D eigenvalue weighted by molar-refractivity contribution is 6.17. The maximum atomic E-state index is 13.9. The molecule has 0 saturated carbocycles. The number of nitro benzene ring substituents is 1. The molecule has 0 unspecified atom stereocenters. The summed E-state index contributed by atoms with van der Waals surface area (Å²) in [6, 6.07) is 22.2. The zero-order chi connectivity index (χ0) is 29.3. The molecule has 4 aromatic carbocycles. The first-order valence-corrected chi connectivity index (χ1v) is 12.1. The number of nitrogens with two attached hydrogens (primary N) is 1. The van der Waals surface area contributed by atoms with Gasteiger partial charge in [0.2, 0.25) is 0 Å². The Morgan fingerprint density at radius 1 is 0.854 bits per heavy atom. The van der Waals surface area contributed by atoms with Crippen molar-refractivity contribution in [1.82, 2.24) is 4.98 Å². The van der Waals surface area contributed by atoms with Gasteiger partial charge in [-0.15, -0.1) is 0 Å². The Morgan fingerprint density at radius 3 is 2.17 bits per heavy atom. The number of primary amides is 1. The number of nitro groups is 1. The van der Waals surface area contributed by atoms with Crippen molar-refractivity contribution >= 4 is 39.8 Å². The fourth-order valence-corrected chi connectivity index (χ4v) is 4.61. The highest BCUT2D eigenvalue weighted by atomic mass is 19.4. The number of hydrogen-bond donors (Lipinski definition) is 1. The first-order chi connectivity index (χ1) is 19.6. The van der Waals surface area contributed by atoms with Gasteiger partial charge >= 0.3 is 12.2 Å². The van der Waals surface area contributed by atoms with Crippen molar-refractivity contribution < 1.29 is 27.7 Å². The number of carbonyl (C=O) groups excluding carboxylic acids is 2. The van der Waals surface area contributed by atoms with Crippen molar-refractivity contribution in [3.8, 4) is 11.1 Å². The summed E-state index contributed by atoms with van der Waals surface area (Å²) >= 11 is 0. The number of halogens is 3. The quantitative estimate of drug-likeness (QED) is 0.134. The number of para-hydroxylation sites is 1. The second kappa shape index (κ2) is 10.5. The van der Waals surface area contributed by atoms with Gasteiger partial charge < -0.3 is 5.73 Å². The van der Waals surface area contributed by atoms with Crippen LogP contribution in [0.4, 0.5) is 35.0 Å². The molecule has 0 spiro atoms. The smallest absolute Gasteiger partial charge is 0.351 e. The van der Waals surface area contributed by atoms with Crippen LogP contribution in [0.3, 0.4) is 0 Å². The lowest BCUT2D eigenvalue weighted by Crippen LogP contribution is -2.31. The molecule has 0 fully saturated rings. The predicted octanol–water partition coefficient (Wildman–Crippen LogP) is 7.28. The number of anilines is 2. The number of rotatable bonds is 6. The summed E-state index contributed by atoms with van der Waals surface area (Å²) in [5, 5.41) is 11.2. The average molecular weight is 557 g/mol. The number of fused-ring (bicyclic) bond motifs is 1. The molecule has 0 saturated heterocycles. The third-order valence-electron chi connectivity index (χ3n) is 6.42. The van der Waals surface area contributed by atoms with E-state index in [9.17, 15) is 32.9 Å². The summed E-state index contributed by atoms with van der Waals surface area (Å²) in [5.74, 6) is -0.458. The van der Waals surface area contributed by atoms with Gasteiger partial charge in [-0.25, -0.2) is 4.79 Å². The molecule has 8 nitrogen and oxygen atoms in total. The molecule has 0 radical (unpaired) electrons. The lowest BCUT2D eigenvalue weighted by atomic mass is 9.91. The summed E-state index contributed by atoms with van der Waals surface area (Å²) in [5.41, 5.74) is 5.48. The van der Waals surface area contributed by atoms with Crippen LogP contribution in [0, 0.1) is 10.1 Å². The number of non-ortho nitro benzene ring substituents is 1. The maximum Gasteiger partial charge on any atom is 0.418 e. The standard InChI is InChI=1S/C30H19F3N4O4/c31-30(32,33)25-11-5-10-23-26(24(17-35-27(23)25)28(38)18-6-2-1-3-7-18)19-8-4-9-22(16-19)36(29(34)39)20-12-14-21(15-13-20)37(40)41/h1-17H,(H2,34,39). The molecule has 0 atom stereocenters. The number of ketones is 1. The van der Waals surface area contributed by atoms with E-state index in [1.54, 1.807) is 48.5 Å². The molecule has 0 bridgehead atoms. The van der Waals surface area contributed by atoms with Crippen LogP contribution in [-0.2, 0) is 6.18 Å². The van der Waals surface area contributed by atoms with Crippen LogP contribution in [0.1, 0.15) is 21.5 Å². The largest absolute Gasteiger partial charge is 0.418 e. The number of amides is 2. The monoisotopic (exact) mass is 556 g/mol. The fourth-order valence-electron chi connectivity index (χ4n) is 4.61. The van der Waals surface area contributed by atoms with Gasteiger partial charge in [0.05, 0.1) is 27.4 Å². The lowest BCUT2D eigenvalue weighted by Gasteiger charge is -2.22. The van der Waals surface area contributed by atoms with Gasteiger partial charge in [-0.2, -0.15) is 13.2 Å². The van der Waals surface area contributed by atoms with Crippen LogP contribution in [0.25, 0.3) is 22.0 Å². The minimum absolute atomic E-state index is 0.0566. The van der Waals surface area contributed by atoms with E-state index in [0.717, 1.165) is 17.2 Å². The number of carbonyl (C=O) groups is 2. The van der Waals surface area contributed by atoms with Crippen LogP contribution in [0.5, 0.6) is 0 Å². The molecule has 2 amide bonds. The van der Waals surface area contributed by atoms with Crippen molar-refractivity contribution in [2.75, 3.05) is 4.90 Å². The second-order valence-electron chi connectivity index (χ2n) is 8.94. The molecule has 0 aliphatic rings. The van der Waals surface area contributed by atoms with Gasteiger partial charge in [0.25, 0.3) is 5.69 Å². The average Bonchev–Trinajstić information content (AvgIpc) is 2.96. The molecule has 5 aromatic rings. The maximum absolute atomic E-state index is 13.9. The molecule has 41 heavy (non-hydrogen) atoms. The third-order valence-corrected chi connectivity index (χ3v) is 6.42. The molecular formula is C30H19F3N4O4. The number of benzene rings is 4. The van der Waals surface area contributed by atoms with Crippen molar-refractivity contribution in [3.63, 3.8) is 0 Å². The van der Waals surface area contributed by atoms with E-state index < -0.39 is 28.5 Å². The molecule has 204 valence electrons. The number of urea groups is 1. The van der Waals surface area contributed by atoms with Gasteiger partial charge in [0.1, 0.15) is 0 Å². The van der Waals surface area contributed by atoms with E-state index in [-0.39, 0.29) is 39.1 Å². The number of aromatic nitrogens is 1. The fraction of sp³-hybridized carbons (Fsp3) is 0.0333. The Kier molecular flexibility index (Phi) is 6.94. The third kappa shape index (κ3) is 5.20. The van der Waals surface area contributed by atoms with Crippen LogP contribution >= 0.6 is 0 Å². The molecule has 1 aromatic heterocycles. The van der Waals surface area contributed by atoms with Crippen LogP contribution < -0.4 is 10.6 Å². The van der Waals surface area contributed by atoms with E-state index in [1.807, 2.05) is 0 Å². The SMILES string of the molecule is NC(=O)N(c1ccc([N+](=O)[O-])cc1)c1cccc(-c2c(C(=O)c3ccccc3)cnc3c(C(F)(F)F)cccc23)c1. The van der Waals surface area contributed by atoms with Gasteiger partial charge in [0, 0.05) is 40.4 Å². The highest BCUT2D eigenvalue weighted by Gasteiger charge is 2.34. The molecule has 0 aliphatic carbocycles. The molecule has 2 N–H and O–H groups in total. The summed E-state index contributed by atoms with van der Waals surface area (Å²) in [4.78, 5) is 41.7. The van der Waals surface area contributed by atoms with E-state index >= 15 is 0 Å². The van der Waals surface area contributed by atoms with Gasteiger partial charge in [0.15, 0.2) is 5.78 Å². The van der Waals surface area contributed by atoms with Crippen LogP contribution in [-0.4, -0.2) is 21.7 Å². The van der Waals surface area contributed by atoms with Gasteiger partial charge in [-0.1, -0.05) is 54.6 Å². The minimum Gasteiger partial charge on any atom is -0.351 e. The number of alkyl halides is 3. The Balaban J connectivity index is 1.74. The summed E-state index contributed by atoms with van der Waals surface area (Å²) in [7, 11) is 0. The molecule has 1 heterocycles. The summed E-state index contributed by atoms with van der Waals surface area (Å²) < 4.78 is 41.7. The van der Waals surface area contributed by atoms with Crippen LogP contribution in [0.2, 0.25) is 0 Å². The van der Waals surface area contributed by atoms with Gasteiger partial charge in [-0.3, -0.25) is 24.8 Å². The number of nitrogens with zero attached hydrogens (tertiary/aromatic N) is 3. The molecule has 11 heteroatoms. The normalized spacial score (nSPS) is 11.3. The first kappa shape index (κ1) is 27.0. The Hall–Kier alpha value is -5.58. The molecule has 5 rings (SSSR count). The topological polar surface area (TPSA) is 119 Å². The second-order valence-corrected chi connectivity index (χ2v) is 8.94. The number of pyridine rings is 1. The van der Waals surface area contributed by atoms with E-state index in [4.69, 9.17) is 5.73 Å². The van der Waals surface area contributed by atoms with Crippen molar-refractivity contribution in [3.05, 3.63) is 130 Å². The first-order valence-electron chi connectivity index (χ1n) is 12.1. The van der Waals surface area contributed by atoms with Gasteiger partial charge in [-0.05, 0) is 35.9 Å². The predicted molar refractivity (Wildman–Crippen MR) is 147 cm³/mol. The Labute approximate surface area is 230 Å². The minimum atomic E-state index is -4.70. The van der Waals surface area contributed by atoms with E-state index in [0.29, 0.717) is 11.1 Å². The zero-order valence-corrected chi connectivity index (χ0v) is 21.0. The zero-order valence-electron chi connectivity index (χ0n) is 21.0. The lowest BCUT2D eigenvalue weighted by molar-refractivity contribution is -0.384.